The number of ketones is 1. The molecular formula is C31H48O4. The molecule has 0 spiro atoms. The lowest BCUT2D eigenvalue weighted by atomic mass is 9.31. The molecule has 9 atom stereocenters. The van der Waals surface area contributed by atoms with Crippen LogP contribution in [0.4, 0.5) is 0 Å². The first-order valence-corrected chi connectivity index (χ1v) is 14.1. The van der Waals surface area contributed by atoms with Gasteiger partial charge in [-0.1, -0.05) is 54.0 Å². The molecule has 0 aromatic carbocycles. The molecular weight excluding hydrogens is 436 g/mol. The van der Waals surface area contributed by atoms with Gasteiger partial charge in [-0.25, -0.2) is 0 Å². The third-order valence-electron chi connectivity index (χ3n) is 13.8. The SMILES string of the molecule is CC12CC[C@H](O)C(C)(C)C1CCC1(C)C2C(=O)C=C2C3(C)C[C@@](C)(C(=O)O)CC[C@]3(C)CC[C@]21C. The second-order valence-electron chi connectivity index (χ2n) is 15.6. The van der Waals surface area contributed by atoms with Crippen LogP contribution in [0.2, 0.25) is 0 Å². The molecule has 0 saturated heterocycles. The summed E-state index contributed by atoms with van der Waals surface area (Å²) in [6, 6.07) is 0. The van der Waals surface area contributed by atoms with Gasteiger partial charge in [0.2, 0.25) is 0 Å². The zero-order valence-corrected chi connectivity index (χ0v) is 23.4. The average Bonchev–Trinajstić information content (AvgIpc) is 2.74. The number of aliphatic hydroxyl groups excluding tert-OH is 1. The lowest BCUT2D eigenvalue weighted by Crippen LogP contribution is -2.68. The van der Waals surface area contributed by atoms with Crippen molar-refractivity contribution in [2.45, 2.75) is 119 Å². The van der Waals surface area contributed by atoms with E-state index in [2.05, 4.69) is 48.5 Å². The van der Waals surface area contributed by atoms with Gasteiger partial charge in [-0.2, -0.15) is 0 Å². The maximum absolute atomic E-state index is 14.3. The van der Waals surface area contributed by atoms with E-state index < -0.39 is 11.4 Å². The summed E-state index contributed by atoms with van der Waals surface area (Å²) in [5.41, 5.74) is -0.355. The standard InChI is InChI=1S/C31H48O4/c1-25(2)20-9-12-30(7)23(28(20,5)11-10-22(25)33)19(32)17-21-29(30,6)16-15-27(4)14-13-26(3,24(34)35)18-31(21,27)8/h17,20,22-23,33H,9-16,18H2,1-8H3,(H,34,35)/t20?,22-,23?,26-,27+,28?,29+,30?,31?/m0/s1. The highest BCUT2D eigenvalue weighted by Gasteiger charge is 2.72. The van der Waals surface area contributed by atoms with E-state index in [-0.39, 0.29) is 50.3 Å². The number of aliphatic hydroxyl groups is 1. The largest absolute Gasteiger partial charge is 0.481 e. The number of carboxylic acid groups (broad SMARTS) is 1. The van der Waals surface area contributed by atoms with Gasteiger partial charge in [0.1, 0.15) is 0 Å². The van der Waals surface area contributed by atoms with Gasteiger partial charge in [-0.3, -0.25) is 9.59 Å². The summed E-state index contributed by atoms with van der Waals surface area (Å²) in [6.45, 7) is 18.2. The Hall–Kier alpha value is -1.16. The minimum Gasteiger partial charge on any atom is -0.481 e. The summed E-state index contributed by atoms with van der Waals surface area (Å²) in [5.74, 6) is -0.145. The highest BCUT2D eigenvalue weighted by atomic mass is 16.4. The van der Waals surface area contributed by atoms with E-state index in [4.69, 9.17) is 0 Å². The lowest BCUT2D eigenvalue weighted by Gasteiger charge is -2.72. The van der Waals surface area contributed by atoms with Crippen molar-refractivity contribution in [3.8, 4) is 0 Å². The molecule has 0 aromatic rings. The minimum atomic E-state index is -0.749. The van der Waals surface area contributed by atoms with Gasteiger partial charge in [0.15, 0.2) is 5.78 Å². The first kappa shape index (κ1) is 25.5. The van der Waals surface area contributed by atoms with Crippen molar-refractivity contribution in [3.63, 3.8) is 0 Å². The van der Waals surface area contributed by atoms with E-state index in [9.17, 15) is 19.8 Å². The number of aliphatic carboxylic acids is 1. The Balaban J connectivity index is 1.66. The summed E-state index contributed by atoms with van der Waals surface area (Å²) < 4.78 is 0. The topological polar surface area (TPSA) is 74.6 Å². The van der Waals surface area contributed by atoms with Crippen LogP contribution >= 0.6 is 0 Å². The Morgan fingerprint density at radius 3 is 2.11 bits per heavy atom. The number of fused-ring (bicyclic) bond motifs is 7. The van der Waals surface area contributed by atoms with Gasteiger partial charge >= 0.3 is 5.97 Å². The normalized spacial score (nSPS) is 55.1. The number of carbonyl (C=O) groups is 2. The first-order chi connectivity index (χ1) is 15.9. The minimum absolute atomic E-state index is 0.0226. The average molecular weight is 485 g/mol. The molecule has 5 aliphatic rings. The van der Waals surface area contributed by atoms with Crippen molar-refractivity contribution in [2.75, 3.05) is 0 Å². The van der Waals surface area contributed by atoms with Crippen LogP contribution in [-0.4, -0.2) is 28.1 Å². The fourth-order valence-electron chi connectivity index (χ4n) is 11.0. The van der Waals surface area contributed by atoms with Crippen molar-refractivity contribution in [3.05, 3.63) is 11.6 Å². The van der Waals surface area contributed by atoms with E-state index in [1.807, 2.05) is 13.0 Å². The maximum Gasteiger partial charge on any atom is 0.309 e. The van der Waals surface area contributed by atoms with Gasteiger partial charge in [0, 0.05) is 5.92 Å². The number of hydrogen-bond acceptors (Lipinski definition) is 3. The highest BCUT2D eigenvalue weighted by molar-refractivity contribution is 5.96. The molecule has 35 heavy (non-hydrogen) atoms. The molecule has 0 radical (unpaired) electrons. The van der Waals surface area contributed by atoms with Crippen LogP contribution < -0.4 is 0 Å². The predicted molar refractivity (Wildman–Crippen MR) is 138 cm³/mol. The molecule has 0 bridgehead atoms. The van der Waals surface area contributed by atoms with Crippen molar-refractivity contribution in [1.29, 1.82) is 0 Å². The number of carboxylic acids is 1. The zero-order valence-electron chi connectivity index (χ0n) is 23.4. The fraction of sp³-hybridized carbons (Fsp3) is 0.871. The molecule has 0 aliphatic heterocycles. The summed E-state index contributed by atoms with van der Waals surface area (Å²) in [5, 5.41) is 21.1. The van der Waals surface area contributed by atoms with Gasteiger partial charge in [-0.15, -0.1) is 0 Å². The number of allylic oxidation sites excluding steroid dienone is 2. The molecule has 4 nitrogen and oxygen atoms in total. The smallest absolute Gasteiger partial charge is 0.309 e. The second kappa shape index (κ2) is 7.03. The van der Waals surface area contributed by atoms with Gasteiger partial charge in [0.25, 0.3) is 0 Å². The Morgan fingerprint density at radius 2 is 1.49 bits per heavy atom. The van der Waals surface area contributed by atoms with E-state index in [1.54, 1.807) is 0 Å². The van der Waals surface area contributed by atoms with E-state index in [1.165, 1.54) is 5.57 Å². The van der Waals surface area contributed by atoms with Crippen LogP contribution in [0.1, 0.15) is 113 Å². The van der Waals surface area contributed by atoms with Gasteiger partial charge < -0.3 is 10.2 Å². The molecule has 5 rings (SSSR count). The summed E-state index contributed by atoms with van der Waals surface area (Å²) in [6.07, 6.45) is 9.82. The van der Waals surface area contributed by atoms with Crippen LogP contribution in [0.3, 0.4) is 0 Å². The zero-order chi connectivity index (χ0) is 26.0. The maximum atomic E-state index is 14.3. The highest BCUT2D eigenvalue weighted by Crippen LogP contribution is 2.77. The van der Waals surface area contributed by atoms with Crippen LogP contribution in [0.5, 0.6) is 0 Å². The number of rotatable bonds is 1. The van der Waals surface area contributed by atoms with Gasteiger partial charge in [-0.05, 0) is 109 Å². The van der Waals surface area contributed by atoms with Crippen molar-refractivity contribution < 1.29 is 19.8 Å². The third kappa shape index (κ3) is 2.84. The summed E-state index contributed by atoms with van der Waals surface area (Å²) >= 11 is 0. The molecule has 0 heterocycles. The monoisotopic (exact) mass is 484 g/mol. The molecule has 0 amide bonds. The Kier molecular flexibility index (Phi) is 5.12. The Bertz CT molecular complexity index is 1010. The summed E-state index contributed by atoms with van der Waals surface area (Å²) in [4.78, 5) is 26.7. The fourth-order valence-corrected chi connectivity index (χ4v) is 11.0. The summed E-state index contributed by atoms with van der Waals surface area (Å²) in [7, 11) is 0. The van der Waals surface area contributed by atoms with Gasteiger partial charge in [0.05, 0.1) is 11.5 Å². The third-order valence-corrected chi connectivity index (χ3v) is 13.8. The number of hydrogen-bond donors (Lipinski definition) is 2. The lowest BCUT2D eigenvalue weighted by molar-refractivity contribution is -0.207. The molecule has 4 heteroatoms. The van der Waals surface area contributed by atoms with Crippen LogP contribution in [0.25, 0.3) is 0 Å². The van der Waals surface area contributed by atoms with Crippen molar-refractivity contribution in [1.82, 2.24) is 0 Å². The van der Waals surface area contributed by atoms with Crippen LogP contribution in [0, 0.1) is 49.7 Å². The van der Waals surface area contributed by atoms with Crippen LogP contribution in [0.15, 0.2) is 11.6 Å². The van der Waals surface area contributed by atoms with E-state index >= 15 is 0 Å². The van der Waals surface area contributed by atoms with Crippen molar-refractivity contribution >= 4 is 11.8 Å². The molecule has 2 N–H and O–H groups in total. The van der Waals surface area contributed by atoms with E-state index in [0.29, 0.717) is 18.8 Å². The molecule has 5 unspecified atom stereocenters. The second-order valence-corrected chi connectivity index (χ2v) is 15.6. The van der Waals surface area contributed by atoms with E-state index in [0.717, 1.165) is 44.9 Å². The molecule has 4 fully saturated rings. The predicted octanol–water partition coefficient (Wildman–Crippen LogP) is 6.80. The number of carbonyl (C=O) groups excluding carboxylic acids is 1. The van der Waals surface area contributed by atoms with Crippen LogP contribution in [-0.2, 0) is 9.59 Å². The quantitative estimate of drug-likeness (QED) is 0.429. The Labute approximate surface area is 212 Å². The Morgan fingerprint density at radius 1 is 0.857 bits per heavy atom. The molecule has 5 aliphatic carbocycles. The first-order valence-electron chi connectivity index (χ1n) is 14.1. The molecule has 4 saturated carbocycles. The molecule has 0 aromatic heterocycles. The van der Waals surface area contributed by atoms with Crippen molar-refractivity contribution in [2.24, 2.45) is 49.7 Å². The molecule has 196 valence electrons.